The number of furan rings is 1. The molecule has 2 heterocycles. The molecule has 1 aromatic rings. The standard InChI is InChI=1S/C18H26N2O3S/c1-2-3-4-5-9-19-16(21)15-12-24-18(14-8-10-23-11-14)20(15)17(22)13-6-7-13/h8,10-11,13,15,18H,2-7,9,12H2,1H3,(H,19,21). The summed E-state index contributed by atoms with van der Waals surface area (Å²) < 4.78 is 5.18. The summed E-state index contributed by atoms with van der Waals surface area (Å²) in [6.07, 6.45) is 9.71. The maximum atomic E-state index is 12.7. The average molecular weight is 350 g/mol. The SMILES string of the molecule is CCCCCCNC(=O)C1CSC(c2ccoc2)N1C(=O)C1CC1. The van der Waals surface area contributed by atoms with Crippen LogP contribution < -0.4 is 5.32 Å². The van der Waals surface area contributed by atoms with Gasteiger partial charge in [0, 0.05) is 23.8 Å². The zero-order chi connectivity index (χ0) is 16.9. The van der Waals surface area contributed by atoms with Gasteiger partial charge in [-0.1, -0.05) is 26.2 Å². The van der Waals surface area contributed by atoms with E-state index in [0.29, 0.717) is 12.3 Å². The molecule has 0 bridgehead atoms. The van der Waals surface area contributed by atoms with Gasteiger partial charge in [0.25, 0.3) is 0 Å². The molecule has 24 heavy (non-hydrogen) atoms. The van der Waals surface area contributed by atoms with Crippen LogP contribution in [-0.2, 0) is 9.59 Å². The van der Waals surface area contributed by atoms with E-state index >= 15 is 0 Å². The molecule has 2 aliphatic rings. The molecule has 2 amide bonds. The van der Waals surface area contributed by atoms with Gasteiger partial charge in [0.05, 0.1) is 12.5 Å². The lowest BCUT2D eigenvalue weighted by Gasteiger charge is -2.28. The van der Waals surface area contributed by atoms with Crippen LogP contribution in [0.1, 0.15) is 56.4 Å². The number of hydrogen-bond donors (Lipinski definition) is 1. The largest absolute Gasteiger partial charge is 0.472 e. The van der Waals surface area contributed by atoms with E-state index in [1.165, 1.54) is 12.8 Å². The fourth-order valence-corrected chi connectivity index (χ4v) is 4.49. The summed E-state index contributed by atoms with van der Waals surface area (Å²) in [5.74, 6) is 0.865. The smallest absolute Gasteiger partial charge is 0.243 e. The van der Waals surface area contributed by atoms with Gasteiger partial charge in [-0.3, -0.25) is 9.59 Å². The van der Waals surface area contributed by atoms with Crippen LogP contribution in [0, 0.1) is 5.92 Å². The second kappa shape index (κ2) is 8.10. The van der Waals surface area contributed by atoms with Crippen molar-refractivity contribution in [2.75, 3.05) is 12.3 Å². The third kappa shape index (κ3) is 3.97. The summed E-state index contributed by atoms with van der Waals surface area (Å²) in [5.41, 5.74) is 0.965. The number of unbranched alkanes of at least 4 members (excludes halogenated alkanes) is 3. The summed E-state index contributed by atoms with van der Waals surface area (Å²) in [6.45, 7) is 2.87. The highest BCUT2D eigenvalue weighted by Gasteiger charge is 2.46. The molecule has 1 aliphatic heterocycles. The summed E-state index contributed by atoms with van der Waals surface area (Å²) in [6, 6.07) is 1.52. The first-order chi connectivity index (χ1) is 11.7. The van der Waals surface area contributed by atoms with Gasteiger partial charge in [0.1, 0.15) is 11.4 Å². The van der Waals surface area contributed by atoms with Crippen LogP contribution in [0.15, 0.2) is 23.0 Å². The first-order valence-electron chi connectivity index (χ1n) is 8.96. The van der Waals surface area contributed by atoms with Crippen molar-refractivity contribution in [3.63, 3.8) is 0 Å². The first-order valence-corrected chi connectivity index (χ1v) is 10.0. The van der Waals surface area contributed by atoms with Gasteiger partial charge in [0.2, 0.25) is 11.8 Å². The predicted molar refractivity (Wildman–Crippen MR) is 94.4 cm³/mol. The fourth-order valence-electron chi connectivity index (χ4n) is 3.07. The van der Waals surface area contributed by atoms with Crippen molar-refractivity contribution in [2.24, 2.45) is 5.92 Å². The molecule has 1 N–H and O–H groups in total. The summed E-state index contributed by atoms with van der Waals surface area (Å²) in [4.78, 5) is 27.2. The van der Waals surface area contributed by atoms with Gasteiger partial charge in [-0.15, -0.1) is 11.8 Å². The van der Waals surface area contributed by atoms with E-state index in [0.717, 1.165) is 31.2 Å². The van der Waals surface area contributed by atoms with E-state index in [-0.39, 0.29) is 29.1 Å². The van der Waals surface area contributed by atoms with Crippen LogP contribution >= 0.6 is 11.8 Å². The number of carbonyl (C=O) groups excluding carboxylic acids is 2. The molecule has 0 aromatic carbocycles. The lowest BCUT2D eigenvalue weighted by molar-refractivity contribution is -0.140. The number of carbonyl (C=O) groups is 2. The molecule has 1 aliphatic carbocycles. The Labute approximate surface area is 147 Å². The fraction of sp³-hybridized carbons (Fsp3) is 0.667. The molecule has 3 rings (SSSR count). The van der Waals surface area contributed by atoms with E-state index in [1.807, 2.05) is 6.07 Å². The van der Waals surface area contributed by atoms with Gasteiger partial charge in [0.15, 0.2) is 0 Å². The topological polar surface area (TPSA) is 62.6 Å². The van der Waals surface area contributed by atoms with Crippen molar-refractivity contribution >= 4 is 23.6 Å². The summed E-state index contributed by atoms with van der Waals surface area (Å²) in [7, 11) is 0. The Balaban J connectivity index is 1.62. The Kier molecular flexibility index (Phi) is 5.87. The van der Waals surface area contributed by atoms with Crippen LogP contribution in [0.2, 0.25) is 0 Å². The number of hydrogen-bond acceptors (Lipinski definition) is 4. The molecule has 1 saturated carbocycles. The van der Waals surface area contributed by atoms with Crippen LogP contribution in [0.25, 0.3) is 0 Å². The van der Waals surface area contributed by atoms with E-state index in [4.69, 9.17) is 4.42 Å². The second-order valence-corrected chi connectivity index (χ2v) is 7.74. The maximum Gasteiger partial charge on any atom is 0.243 e. The zero-order valence-corrected chi connectivity index (χ0v) is 15.0. The number of nitrogens with one attached hydrogen (secondary N) is 1. The Morgan fingerprint density at radius 3 is 2.83 bits per heavy atom. The highest BCUT2D eigenvalue weighted by Crippen LogP contribution is 2.45. The van der Waals surface area contributed by atoms with Gasteiger partial charge in [-0.25, -0.2) is 0 Å². The molecule has 132 valence electrons. The van der Waals surface area contributed by atoms with Crippen LogP contribution in [0.3, 0.4) is 0 Å². The van der Waals surface area contributed by atoms with E-state index in [2.05, 4.69) is 12.2 Å². The van der Waals surface area contributed by atoms with E-state index < -0.39 is 0 Å². The number of rotatable bonds is 8. The lowest BCUT2D eigenvalue weighted by atomic mass is 10.1. The molecule has 0 spiro atoms. The molecule has 2 unspecified atom stereocenters. The summed E-state index contributed by atoms with van der Waals surface area (Å²) in [5, 5.41) is 2.92. The molecule has 1 saturated heterocycles. The minimum absolute atomic E-state index is 0.0148. The third-order valence-corrected chi connectivity index (χ3v) is 5.97. The number of amides is 2. The lowest BCUT2D eigenvalue weighted by Crippen LogP contribution is -2.48. The number of nitrogens with zero attached hydrogens (tertiary/aromatic N) is 1. The highest BCUT2D eigenvalue weighted by atomic mass is 32.2. The van der Waals surface area contributed by atoms with Crippen molar-refractivity contribution in [2.45, 2.75) is 56.9 Å². The quantitative estimate of drug-likeness (QED) is 0.731. The molecular formula is C18H26N2O3S. The third-order valence-electron chi connectivity index (χ3n) is 4.64. The van der Waals surface area contributed by atoms with Crippen molar-refractivity contribution in [3.8, 4) is 0 Å². The molecule has 2 atom stereocenters. The molecule has 6 heteroatoms. The Hall–Kier alpha value is -1.43. The van der Waals surface area contributed by atoms with Crippen molar-refractivity contribution in [3.05, 3.63) is 24.2 Å². The number of thioether (sulfide) groups is 1. The van der Waals surface area contributed by atoms with Crippen LogP contribution in [-0.4, -0.2) is 35.1 Å². The average Bonchev–Trinajstić information content (AvgIpc) is 3.11. The van der Waals surface area contributed by atoms with E-state index in [1.54, 1.807) is 29.2 Å². The summed E-state index contributed by atoms with van der Waals surface area (Å²) >= 11 is 1.65. The van der Waals surface area contributed by atoms with E-state index in [9.17, 15) is 9.59 Å². The normalized spacial score (nSPS) is 23.5. The van der Waals surface area contributed by atoms with Gasteiger partial charge < -0.3 is 14.6 Å². The Bertz CT molecular complexity index is 557. The minimum Gasteiger partial charge on any atom is -0.472 e. The zero-order valence-electron chi connectivity index (χ0n) is 14.2. The highest BCUT2D eigenvalue weighted by molar-refractivity contribution is 7.99. The van der Waals surface area contributed by atoms with Crippen molar-refractivity contribution < 1.29 is 14.0 Å². The predicted octanol–water partition coefficient (Wildman–Crippen LogP) is 3.33. The molecule has 2 fully saturated rings. The minimum atomic E-state index is -0.367. The van der Waals surface area contributed by atoms with Crippen LogP contribution in [0.4, 0.5) is 0 Å². The monoisotopic (exact) mass is 350 g/mol. The van der Waals surface area contributed by atoms with Crippen molar-refractivity contribution in [1.82, 2.24) is 10.2 Å². The van der Waals surface area contributed by atoms with Gasteiger partial charge in [-0.2, -0.15) is 0 Å². The Morgan fingerprint density at radius 1 is 1.33 bits per heavy atom. The first kappa shape index (κ1) is 17.4. The molecule has 5 nitrogen and oxygen atoms in total. The van der Waals surface area contributed by atoms with Crippen LogP contribution in [0.5, 0.6) is 0 Å². The van der Waals surface area contributed by atoms with Gasteiger partial charge in [-0.05, 0) is 25.3 Å². The second-order valence-electron chi connectivity index (χ2n) is 6.63. The maximum absolute atomic E-state index is 12.7. The Morgan fingerprint density at radius 2 is 2.17 bits per heavy atom. The molecule has 1 aromatic heterocycles. The van der Waals surface area contributed by atoms with Crippen molar-refractivity contribution in [1.29, 1.82) is 0 Å². The van der Waals surface area contributed by atoms with Gasteiger partial charge >= 0.3 is 0 Å². The molecular weight excluding hydrogens is 324 g/mol. The molecule has 0 radical (unpaired) electrons.